The molecule has 3 rings (SSSR count). The maximum absolute atomic E-state index is 12.8. The molecule has 5 nitrogen and oxygen atoms in total. The second kappa shape index (κ2) is 8.32. The number of nitrogens with zero attached hydrogens (tertiary/aromatic N) is 1. The normalized spacial score (nSPS) is 14.8. The Morgan fingerprint density at radius 2 is 1.77 bits per heavy atom. The van der Waals surface area contributed by atoms with Gasteiger partial charge in [-0.15, -0.1) is 0 Å². The van der Waals surface area contributed by atoms with Crippen LogP contribution >= 0.6 is 11.6 Å². The summed E-state index contributed by atoms with van der Waals surface area (Å²) in [6, 6.07) is 12.6. The van der Waals surface area contributed by atoms with Crippen molar-refractivity contribution in [2.45, 2.75) is 18.9 Å². The highest BCUT2D eigenvalue weighted by Crippen LogP contribution is 2.27. The molecule has 1 aliphatic heterocycles. The topological polar surface area (TPSA) is 48.0 Å². The Kier molecular flexibility index (Phi) is 5.89. The first kappa shape index (κ1) is 18.4. The number of hydrogen-bond acceptors (Lipinski definition) is 4. The number of carbonyl (C=O) groups is 1. The number of benzene rings is 2. The van der Waals surface area contributed by atoms with E-state index in [1.54, 1.807) is 25.3 Å². The largest absolute Gasteiger partial charge is 0.497 e. The minimum atomic E-state index is -0.0432. The van der Waals surface area contributed by atoms with Gasteiger partial charge in [-0.3, -0.25) is 4.79 Å². The lowest BCUT2D eigenvalue weighted by molar-refractivity contribution is 0.0592. The predicted octanol–water partition coefficient (Wildman–Crippen LogP) is 4.04. The third-order valence-electron chi connectivity index (χ3n) is 4.47. The molecule has 0 saturated carbocycles. The SMILES string of the molecule is COc1cccc(OC2CCN(C(=O)c3ccc(Cl)cc3OC)CC2)c1. The number of carbonyl (C=O) groups excluding carboxylic acids is 1. The zero-order chi connectivity index (χ0) is 18.5. The molecule has 26 heavy (non-hydrogen) atoms. The molecule has 0 spiro atoms. The standard InChI is InChI=1S/C20H22ClNO4/c1-24-16-4-3-5-17(13-16)26-15-8-10-22(11-9-15)20(23)18-7-6-14(21)12-19(18)25-2/h3-7,12-13,15H,8-11H2,1-2H3. The molecule has 1 aliphatic rings. The molecule has 0 N–H and O–H groups in total. The average Bonchev–Trinajstić information content (AvgIpc) is 2.68. The van der Waals surface area contributed by atoms with Crippen molar-refractivity contribution in [2.24, 2.45) is 0 Å². The van der Waals surface area contributed by atoms with Gasteiger partial charge < -0.3 is 19.1 Å². The second-order valence-electron chi connectivity index (χ2n) is 6.13. The van der Waals surface area contributed by atoms with Crippen molar-refractivity contribution in [3.8, 4) is 17.2 Å². The monoisotopic (exact) mass is 375 g/mol. The van der Waals surface area contributed by atoms with Crippen LogP contribution < -0.4 is 14.2 Å². The Bertz CT molecular complexity index is 772. The molecule has 6 heteroatoms. The van der Waals surface area contributed by atoms with E-state index in [1.165, 1.54) is 7.11 Å². The van der Waals surface area contributed by atoms with Gasteiger partial charge in [-0.2, -0.15) is 0 Å². The van der Waals surface area contributed by atoms with Crippen LogP contribution in [-0.4, -0.2) is 44.2 Å². The summed E-state index contributed by atoms with van der Waals surface area (Å²) in [7, 11) is 3.17. The Hall–Kier alpha value is -2.40. The minimum absolute atomic E-state index is 0.0432. The van der Waals surface area contributed by atoms with Crippen molar-refractivity contribution in [1.29, 1.82) is 0 Å². The van der Waals surface area contributed by atoms with Gasteiger partial charge in [0.2, 0.25) is 0 Å². The van der Waals surface area contributed by atoms with Crippen molar-refractivity contribution in [2.75, 3.05) is 27.3 Å². The van der Waals surface area contributed by atoms with Crippen LogP contribution in [0.3, 0.4) is 0 Å². The number of ether oxygens (including phenoxy) is 3. The van der Waals surface area contributed by atoms with Gasteiger partial charge in [0.25, 0.3) is 5.91 Å². The lowest BCUT2D eigenvalue weighted by Gasteiger charge is -2.32. The predicted molar refractivity (Wildman–Crippen MR) is 101 cm³/mol. The molecule has 138 valence electrons. The Morgan fingerprint density at radius 3 is 2.46 bits per heavy atom. The number of methoxy groups -OCH3 is 2. The summed E-state index contributed by atoms with van der Waals surface area (Å²) in [5, 5.41) is 0.545. The molecule has 1 heterocycles. The van der Waals surface area contributed by atoms with Crippen LogP contribution in [0.2, 0.25) is 5.02 Å². The fraction of sp³-hybridized carbons (Fsp3) is 0.350. The van der Waals surface area contributed by atoms with E-state index in [0.29, 0.717) is 29.4 Å². The van der Waals surface area contributed by atoms with Gasteiger partial charge in [0.15, 0.2) is 0 Å². The maximum atomic E-state index is 12.8. The molecule has 1 amide bonds. The van der Waals surface area contributed by atoms with E-state index in [0.717, 1.165) is 24.3 Å². The minimum Gasteiger partial charge on any atom is -0.497 e. The number of rotatable bonds is 5. The van der Waals surface area contributed by atoms with Crippen molar-refractivity contribution >= 4 is 17.5 Å². The molecule has 1 fully saturated rings. The quantitative estimate of drug-likeness (QED) is 0.791. The number of hydrogen-bond donors (Lipinski definition) is 0. The number of amides is 1. The maximum Gasteiger partial charge on any atom is 0.257 e. The van der Waals surface area contributed by atoms with Gasteiger partial charge in [0, 0.05) is 37.0 Å². The third-order valence-corrected chi connectivity index (χ3v) is 4.70. The second-order valence-corrected chi connectivity index (χ2v) is 6.57. The molecule has 2 aromatic rings. The number of piperidine rings is 1. The summed E-state index contributed by atoms with van der Waals surface area (Å²) in [6.07, 6.45) is 1.64. The molecule has 0 unspecified atom stereocenters. The summed E-state index contributed by atoms with van der Waals surface area (Å²) < 4.78 is 16.5. The van der Waals surface area contributed by atoms with E-state index in [4.69, 9.17) is 25.8 Å². The van der Waals surface area contributed by atoms with Gasteiger partial charge in [0.1, 0.15) is 23.4 Å². The van der Waals surface area contributed by atoms with E-state index in [1.807, 2.05) is 29.2 Å². The van der Waals surface area contributed by atoms with Crippen molar-refractivity contribution in [3.63, 3.8) is 0 Å². The van der Waals surface area contributed by atoms with Gasteiger partial charge in [-0.05, 0) is 30.3 Å². The fourth-order valence-corrected chi connectivity index (χ4v) is 3.22. The van der Waals surface area contributed by atoms with Gasteiger partial charge >= 0.3 is 0 Å². The Balaban J connectivity index is 1.60. The fourth-order valence-electron chi connectivity index (χ4n) is 3.06. The van der Waals surface area contributed by atoms with Crippen molar-refractivity contribution < 1.29 is 19.0 Å². The molecule has 1 saturated heterocycles. The van der Waals surface area contributed by atoms with Crippen LogP contribution in [0.15, 0.2) is 42.5 Å². The summed E-state index contributed by atoms with van der Waals surface area (Å²) in [5.74, 6) is 2.01. The zero-order valence-electron chi connectivity index (χ0n) is 14.9. The number of halogens is 1. The van der Waals surface area contributed by atoms with E-state index >= 15 is 0 Å². The molecule has 0 radical (unpaired) electrons. The molecule has 0 atom stereocenters. The molecule has 0 aliphatic carbocycles. The zero-order valence-corrected chi connectivity index (χ0v) is 15.7. The van der Waals surface area contributed by atoms with Crippen molar-refractivity contribution in [3.05, 3.63) is 53.1 Å². The molecular formula is C20H22ClNO4. The highest BCUT2D eigenvalue weighted by Gasteiger charge is 2.26. The molecular weight excluding hydrogens is 354 g/mol. The first-order valence-corrected chi connectivity index (χ1v) is 8.92. The Morgan fingerprint density at radius 1 is 1.04 bits per heavy atom. The summed E-state index contributed by atoms with van der Waals surface area (Å²) >= 11 is 5.97. The first-order valence-electron chi connectivity index (χ1n) is 8.54. The van der Waals surface area contributed by atoms with Crippen LogP contribution in [0.5, 0.6) is 17.2 Å². The van der Waals surface area contributed by atoms with E-state index < -0.39 is 0 Å². The third kappa shape index (κ3) is 4.22. The van der Waals surface area contributed by atoms with Gasteiger partial charge in [-0.1, -0.05) is 17.7 Å². The molecule has 0 bridgehead atoms. The first-order chi connectivity index (χ1) is 12.6. The summed E-state index contributed by atoms with van der Waals surface area (Å²) in [5.41, 5.74) is 0.532. The number of likely N-dealkylation sites (tertiary alicyclic amines) is 1. The lowest BCUT2D eigenvalue weighted by Crippen LogP contribution is -2.41. The van der Waals surface area contributed by atoms with Gasteiger partial charge in [0.05, 0.1) is 19.8 Å². The van der Waals surface area contributed by atoms with Crippen LogP contribution in [-0.2, 0) is 0 Å². The summed E-state index contributed by atoms with van der Waals surface area (Å²) in [4.78, 5) is 14.6. The van der Waals surface area contributed by atoms with Crippen LogP contribution in [0.4, 0.5) is 0 Å². The van der Waals surface area contributed by atoms with Crippen molar-refractivity contribution in [1.82, 2.24) is 4.90 Å². The van der Waals surface area contributed by atoms with Gasteiger partial charge in [-0.25, -0.2) is 0 Å². The van der Waals surface area contributed by atoms with Crippen LogP contribution in [0, 0.1) is 0 Å². The van der Waals surface area contributed by atoms with E-state index in [-0.39, 0.29) is 12.0 Å². The molecule has 2 aromatic carbocycles. The summed E-state index contributed by atoms with van der Waals surface area (Å²) in [6.45, 7) is 1.28. The average molecular weight is 376 g/mol. The van der Waals surface area contributed by atoms with Crippen LogP contribution in [0.25, 0.3) is 0 Å². The highest BCUT2D eigenvalue weighted by atomic mass is 35.5. The Labute approximate surface area is 158 Å². The lowest BCUT2D eigenvalue weighted by atomic mass is 10.1. The highest BCUT2D eigenvalue weighted by molar-refractivity contribution is 6.30. The smallest absolute Gasteiger partial charge is 0.257 e. The van der Waals surface area contributed by atoms with Crippen LogP contribution in [0.1, 0.15) is 23.2 Å². The van der Waals surface area contributed by atoms with E-state index in [9.17, 15) is 4.79 Å². The van der Waals surface area contributed by atoms with E-state index in [2.05, 4.69) is 0 Å². The molecule has 0 aromatic heterocycles.